The summed E-state index contributed by atoms with van der Waals surface area (Å²) >= 11 is 0. The van der Waals surface area contributed by atoms with Crippen molar-refractivity contribution in [3.63, 3.8) is 0 Å². The Hall–Kier alpha value is -0.900. The Morgan fingerprint density at radius 2 is 2.00 bits per heavy atom. The van der Waals surface area contributed by atoms with Crippen LogP contribution in [-0.4, -0.2) is 38.3 Å². The third kappa shape index (κ3) is 3.40. The summed E-state index contributed by atoms with van der Waals surface area (Å²) in [7, 11) is 1.80. The molecule has 2 rings (SSSR count). The second kappa shape index (κ2) is 7.21. The lowest BCUT2D eigenvalue weighted by Gasteiger charge is -2.38. The van der Waals surface area contributed by atoms with Gasteiger partial charge in [0, 0.05) is 26.3 Å². The number of nitrogens with zero attached hydrogens (tertiary/aromatic N) is 1. The van der Waals surface area contributed by atoms with Gasteiger partial charge in [-0.2, -0.15) is 0 Å². The highest BCUT2D eigenvalue weighted by Crippen LogP contribution is 2.29. The van der Waals surface area contributed by atoms with E-state index in [2.05, 4.69) is 36.9 Å². The predicted molar refractivity (Wildman–Crippen MR) is 83.9 cm³/mol. The first-order valence-corrected chi connectivity index (χ1v) is 7.66. The number of hydrogen-bond acceptors (Lipinski definition) is 3. The Labute approximate surface area is 123 Å². The van der Waals surface area contributed by atoms with Gasteiger partial charge in [-0.3, -0.25) is 4.90 Å². The minimum Gasteiger partial charge on any atom is -0.384 e. The molecule has 0 aromatic heterocycles. The molecule has 0 radical (unpaired) electrons. The van der Waals surface area contributed by atoms with Crippen LogP contribution < -0.4 is 5.73 Å². The highest BCUT2D eigenvalue weighted by molar-refractivity contribution is 5.35. The van der Waals surface area contributed by atoms with Crippen LogP contribution in [0.2, 0.25) is 0 Å². The van der Waals surface area contributed by atoms with E-state index in [1.165, 1.54) is 29.5 Å². The van der Waals surface area contributed by atoms with Crippen LogP contribution in [0.1, 0.15) is 35.6 Å². The second-order valence-corrected chi connectivity index (χ2v) is 5.98. The fourth-order valence-corrected chi connectivity index (χ4v) is 3.27. The Morgan fingerprint density at radius 1 is 1.30 bits per heavy atom. The molecule has 1 heterocycles. The molecular formula is C17H28N2O. The number of aryl methyl sites for hydroxylation is 1. The fraction of sp³-hybridized carbons (Fsp3) is 0.647. The number of ether oxygens (including phenoxy) is 1. The van der Waals surface area contributed by atoms with Crippen LogP contribution in [0.3, 0.4) is 0 Å². The van der Waals surface area contributed by atoms with Gasteiger partial charge in [0.05, 0.1) is 0 Å². The minimum absolute atomic E-state index is 0.360. The van der Waals surface area contributed by atoms with E-state index >= 15 is 0 Å². The first-order chi connectivity index (χ1) is 9.67. The second-order valence-electron chi connectivity index (χ2n) is 5.98. The first-order valence-electron chi connectivity index (χ1n) is 7.66. The fourth-order valence-electron chi connectivity index (χ4n) is 3.27. The third-order valence-corrected chi connectivity index (χ3v) is 4.72. The Balaban J connectivity index is 2.08. The smallest absolute Gasteiger partial charge is 0.0491 e. The summed E-state index contributed by atoms with van der Waals surface area (Å²) in [4.78, 5) is 2.55. The molecule has 1 unspecified atom stereocenters. The molecule has 1 aromatic rings. The highest BCUT2D eigenvalue weighted by Gasteiger charge is 2.26. The summed E-state index contributed by atoms with van der Waals surface area (Å²) in [5, 5.41) is 0. The van der Waals surface area contributed by atoms with Crippen LogP contribution >= 0.6 is 0 Å². The van der Waals surface area contributed by atoms with Gasteiger partial charge in [-0.25, -0.2) is 0 Å². The number of benzene rings is 1. The van der Waals surface area contributed by atoms with Crippen molar-refractivity contribution in [2.24, 2.45) is 11.7 Å². The molecule has 1 fully saturated rings. The SMILES string of the molecule is COCC1CCN(C(CN)c2cccc(C)c2C)CC1. The molecule has 20 heavy (non-hydrogen) atoms. The summed E-state index contributed by atoms with van der Waals surface area (Å²) in [6, 6.07) is 6.93. The molecule has 112 valence electrons. The molecule has 0 spiro atoms. The highest BCUT2D eigenvalue weighted by atomic mass is 16.5. The topological polar surface area (TPSA) is 38.5 Å². The standard InChI is InChI=1S/C17H28N2O/c1-13-5-4-6-16(14(13)2)17(11-18)19-9-7-15(8-10-19)12-20-3/h4-6,15,17H,7-12,18H2,1-3H3. The average Bonchev–Trinajstić information content (AvgIpc) is 2.46. The summed E-state index contributed by atoms with van der Waals surface area (Å²) in [6.45, 7) is 8.23. The van der Waals surface area contributed by atoms with Crippen molar-refractivity contribution in [1.29, 1.82) is 0 Å². The van der Waals surface area contributed by atoms with Crippen LogP contribution in [0.4, 0.5) is 0 Å². The molecule has 3 nitrogen and oxygen atoms in total. The Morgan fingerprint density at radius 3 is 2.60 bits per heavy atom. The van der Waals surface area contributed by atoms with Gasteiger partial charge in [-0.15, -0.1) is 0 Å². The number of piperidine rings is 1. The number of hydrogen-bond donors (Lipinski definition) is 1. The molecule has 0 aliphatic carbocycles. The van der Waals surface area contributed by atoms with Crippen molar-refractivity contribution in [3.8, 4) is 0 Å². The lowest BCUT2D eigenvalue weighted by molar-refractivity contribution is 0.0809. The molecule has 1 aliphatic rings. The Kier molecular flexibility index (Phi) is 5.58. The predicted octanol–water partition coefficient (Wildman–Crippen LogP) is 2.66. The third-order valence-electron chi connectivity index (χ3n) is 4.72. The van der Waals surface area contributed by atoms with E-state index in [0.29, 0.717) is 18.5 Å². The normalized spacial score (nSPS) is 19.2. The molecule has 3 heteroatoms. The summed E-state index contributed by atoms with van der Waals surface area (Å²) in [5.74, 6) is 0.716. The molecule has 0 amide bonds. The maximum absolute atomic E-state index is 6.08. The number of likely N-dealkylation sites (tertiary alicyclic amines) is 1. The van der Waals surface area contributed by atoms with E-state index in [0.717, 1.165) is 19.7 Å². The lowest BCUT2D eigenvalue weighted by atomic mass is 9.92. The molecule has 2 N–H and O–H groups in total. The molecule has 1 aliphatic heterocycles. The zero-order chi connectivity index (χ0) is 14.5. The summed E-state index contributed by atoms with van der Waals surface area (Å²) in [6.07, 6.45) is 2.43. The van der Waals surface area contributed by atoms with E-state index in [1.54, 1.807) is 7.11 Å². The van der Waals surface area contributed by atoms with Crippen LogP contribution in [0, 0.1) is 19.8 Å². The van der Waals surface area contributed by atoms with Crippen LogP contribution in [0.5, 0.6) is 0 Å². The largest absolute Gasteiger partial charge is 0.384 e. The molecule has 1 aromatic carbocycles. The monoisotopic (exact) mass is 276 g/mol. The number of rotatable bonds is 5. The van der Waals surface area contributed by atoms with Crippen molar-refractivity contribution in [2.75, 3.05) is 33.4 Å². The minimum atomic E-state index is 0.360. The van der Waals surface area contributed by atoms with E-state index in [1.807, 2.05) is 0 Å². The van der Waals surface area contributed by atoms with Gasteiger partial charge in [0.1, 0.15) is 0 Å². The van der Waals surface area contributed by atoms with Crippen molar-refractivity contribution >= 4 is 0 Å². The number of nitrogens with two attached hydrogens (primary N) is 1. The van der Waals surface area contributed by atoms with E-state index < -0.39 is 0 Å². The van der Waals surface area contributed by atoms with Crippen LogP contribution in [0.25, 0.3) is 0 Å². The van der Waals surface area contributed by atoms with E-state index in [4.69, 9.17) is 10.5 Å². The van der Waals surface area contributed by atoms with Crippen molar-refractivity contribution in [1.82, 2.24) is 4.90 Å². The zero-order valence-electron chi connectivity index (χ0n) is 13.1. The van der Waals surface area contributed by atoms with Crippen LogP contribution in [-0.2, 0) is 4.74 Å². The van der Waals surface area contributed by atoms with Gasteiger partial charge in [0.25, 0.3) is 0 Å². The maximum Gasteiger partial charge on any atom is 0.0491 e. The zero-order valence-corrected chi connectivity index (χ0v) is 13.1. The van der Waals surface area contributed by atoms with Gasteiger partial charge in [-0.05, 0) is 62.4 Å². The summed E-state index contributed by atoms with van der Waals surface area (Å²) < 4.78 is 5.28. The van der Waals surface area contributed by atoms with Gasteiger partial charge in [-0.1, -0.05) is 18.2 Å². The quantitative estimate of drug-likeness (QED) is 0.898. The molecule has 1 saturated heterocycles. The average molecular weight is 276 g/mol. The first kappa shape index (κ1) is 15.5. The lowest BCUT2D eigenvalue weighted by Crippen LogP contribution is -2.40. The van der Waals surface area contributed by atoms with Gasteiger partial charge >= 0.3 is 0 Å². The molecule has 0 saturated carbocycles. The Bertz CT molecular complexity index is 425. The van der Waals surface area contributed by atoms with E-state index in [9.17, 15) is 0 Å². The van der Waals surface area contributed by atoms with Gasteiger partial charge in [0.15, 0.2) is 0 Å². The van der Waals surface area contributed by atoms with Crippen molar-refractivity contribution in [3.05, 3.63) is 34.9 Å². The maximum atomic E-state index is 6.08. The summed E-state index contributed by atoms with van der Waals surface area (Å²) in [5.41, 5.74) is 10.2. The van der Waals surface area contributed by atoms with Gasteiger partial charge < -0.3 is 10.5 Å². The van der Waals surface area contributed by atoms with Gasteiger partial charge in [0.2, 0.25) is 0 Å². The van der Waals surface area contributed by atoms with Crippen molar-refractivity contribution in [2.45, 2.75) is 32.7 Å². The van der Waals surface area contributed by atoms with Crippen molar-refractivity contribution < 1.29 is 4.74 Å². The number of methoxy groups -OCH3 is 1. The molecule has 1 atom stereocenters. The molecule has 0 bridgehead atoms. The molecular weight excluding hydrogens is 248 g/mol. The van der Waals surface area contributed by atoms with E-state index in [-0.39, 0.29) is 0 Å². The van der Waals surface area contributed by atoms with Crippen LogP contribution in [0.15, 0.2) is 18.2 Å².